The number of fused-ring (bicyclic) bond motifs is 1. The average molecular weight is 911 g/mol. The molecule has 6 aromatic carbocycles. The molecular formula is C54H51FO12. The van der Waals surface area contributed by atoms with E-state index in [2.05, 4.69) is 0 Å². The van der Waals surface area contributed by atoms with Gasteiger partial charge in [-0.3, -0.25) is 28.8 Å². The maximum absolute atomic E-state index is 12.9. The van der Waals surface area contributed by atoms with Crippen molar-refractivity contribution in [1.82, 2.24) is 0 Å². The third kappa shape index (κ3) is 15.9. The SMILES string of the molecule is COc1ccc(CC(CC(=O)c2ccc(F)cc2)C(=O)O)cc1.Cc1ccc(C(=O)CC(Cc2ccccc2)C(=O)O)cc1.O=C(CC(Cc1ccccc1)C(=O)O)c1ccc2c(c1)OCO2. The van der Waals surface area contributed by atoms with Crippen LogP contribution in [-0.4, -0.2) is 64.5 Å². The molecule has 3 N–H and O–H groups in total. The highest BCUT2D eigenvalue weighted by molar-refractivity contribution is 5.99. The van der Waals surface area contributed by atoms with Crippen molar-refractivity contribution in [2.75, 3.05) is 13.9 Å². The van der Waals surface area contributed by atoms with Crippen LogP contribution in [0.2, 0.25) is 0 Å². The van der Waals surface area contributed by atoms with E-state index in [1.54, 1.807) is 61.7 Å². The van der Waals surface area contributed by atoms with Crippen LogP contribution < -0.4 is 14.2 Å². The number of halogens is 1. The Morgan fingerprint density at radius 1 is 0.507 bits per heavy atom. The molecule has 1 aliphatic rings. The Kier molecular flexibility index (Phi) is 18.6. The Morgan fingerprint density at radius 3 is 1.33 bits per heavy atom. The van der Waals surface area contributed by atoms with Gasteiger partial charge >= 0.3 is 17.9 Å². The number of aliphatic carboxylic acids is 3. The molecule has 0 fully saturated rings. The number of rotatable bonds is 19. The summed E-state index contributed by atoms with van der Waals surface area (Å²) >= 11 is 0. The Bertz CT molecular complexity index is 2600. The van der Waals surface area contributed by atoms with Gasteiger partial charge in [0.05, 0.1) is 24.9 Å². The molecule has 0 bridgehead atoms. The summed E-state index contributed by atoms with van der Waals surface area (Å²) in [5.74, 6) is -4.50. The van der Waals surface area contributed by atoms with E-state index >= 15 is 0 Å². The lowest BCUT2D eigenvalue weighted by Crippen LogP contribution is -2.20. The molecule has 12 nitrogen and oxygen atoms in total. The number of Topliss-reactive ketones (excluding diaryl/α,β-unsaturated/α-hetero) is 3. The second-order valence-electron chi connectivity index (χ2n) is 15.9. The lowest BCUT2D eigenvalue weighted by atomic mass is 9.92. The number of carboxylic acid groups (broad SMARTS) is 3. The van der Waals surface area contributed by atoms with Gasteiger partial charge in [0, 0.05) is 36.0 Å². The summed E-state index contributed by atoms with van der Waals surface area (Å²) in [4.78, 5) is 71.0. The van der Waals surface area contributed by atoms with Crippen molar-refractivity contribution in [3.63, 3.8) is 0 Å². The number of methoxy groups -OCH3 is 1. The fraction of sp³-hybridized carbons (Fsp3) is 0.222. The second-order valence-corrected chi connectivity index (χ2v) is 15.9. The molecule has 0 amide bonds. The highest BCUT2D eigenvalue weighted by Gasteiger charge is 2.26. The molecule has 346 valence electrons. The molecule has 7 rings (SSSR count). The van der Waals surface area contributed by atoms with Crippen molar-refractivity contribution < 1.29 is 62.7 Å². The van der Waals surface area contributed by atoms with E-state index in [0.29, 0.717) is 46.8 Å². The molecule has 0 aliphatic carbocycles. The molecule has 1 heterocycles. The Balaban J connectivity index is 0.000000188. The van der Waals surface area contributed by atoms with Gasteiger partial charge in [-0.15, -0.1) is 0 Å². The van der Waals surface area contributed by atoms with Crippen LogP contribution in [0, 0.1) is 30.5 Å². The van der Waals surface area contributed by atoms with Crippen LogP contribution in [0.4, 0.5) is 4.39 Å². The summed E-state index contributed by atoms with van der Waals surface area (Å²) in [5.41, 5.74) is 5.04. The van der Waals surface area contributed by atoms with Crippen LogP contribution in [0.5, 0.6) is 17.2 Å². The largest absolute Gasteiger partial charge is 0.497 e. The number of hydrogen-bond acceptors (Lipinski definition) is 9. The molecule has 3 atom stereocenters. The number of carbonyl (C=O) groups excluding carboxylic acids is 3. The molecule has 0 aromatic heterocycles. The molecule has 6 aromatic rings. The van der Waals surface area contributed by atoms with E-state index < -0.39 is 41.5 Å². The zero-order valence-corrected chi connectivity index (χ0v) is 37.0. The average Bonchev–Trinajstić information content (AvgIpc) is 3.81. The van der Waals surface area contributed by atoms with E-state index in [1.807, 2.05) is 79.7 Å². The third-order valence-electron chi connectivity index (χ3n) is 10.9. The molecule has 3 unspecified atom stereocenters. The van der Waals surface area contributed by atoms with E-state index in [-0.39, 0.29) is 49.8 Å². The topological polar surface area (TPSA) is 191 Å². The first-order chi connectivity index (χ1) is 32.2. The highest BCUT2D eigenvalue weighted by atomic mass is 19.1. The van der Waals surface area contributed by atoms with Crippen LogP contribution in [-0.2, 0) is 33.6 Å². The van der Waals surface area contributed by atoms with Gasteiger partial charge in [-0.05, 0) is 97.5 Å². The van der Waals surface area contributed by atoms with Gasteiger partial charge in [0.1, 0.15) is 11.6 Å². The molecule has 13 heteroatoms. The summed E-state index contributed by atoms with van der Waals surface area (Å²) in [6, 6.07) is 43.0. The lowest BCUT2D eigenvalue weighted by molar-refractivity contribution is -0.142. The minimum absolute atomic E-state index is 0.0211. The normalized spacial score (nSPS) is 12.4. The summed E-state index contributed by atoms with van der Waals surface area (Å²) in [5, 5.41) is 28.0. The highest BCUT2D eigenvalue weighted by Crippen LogP contribution is 2.33. The predicted molar refractivity (Wildman–Crippen MR) is 247 cm³/mol. The van der Waals surface area contributed by atoms with Crippen molar-refractivity contribution in [2.24, 2.45) is 17.8 Å². The van der Waals surface area contributed by atoms with Gasteiger partial charge in [0.25, 0.3) is 0 Å². The van der Waals surface area contributed by atoms with E-state index in [0.717, 1.165) is 22.3 Å². The molecule has 0 radical (unpaired) electrons. The van der Waals surface area contributed by atoms with Crippen molar-refractivity contribution in [3.8, 4) is 17.2 Å². The Hall–Kier alpha value is -7.93. The van der Waals surface area contributed by atoms with Crippen molar-refractivity contribution in [2.45, 2.75) is 45.4 Å². The molecule has 0 saturated carbocycles. The van der Waals surface area contributed by atoms with Gasteiger partial charge in [0.15, 0.2) is 28.8 Å². The number of hydrogen-bond donors (Lipinski definition) is 3. The maximum Gasteiger partial charge on any atom is 0.307 e. The smallest absolute Gasteiger partial charge is 0.307 e. The van der Waals surface area contributed by atoms with E-state index in [4.69, 9.17) is 14.2 Å². The van der Waals surface area contributed by atoms with Crippen LogP contribution in [0.25, 0.3) is 0 Å². The van der Waals surface area contributed by atoms with Gasteiger partial charge in [-0.1, -0.05) is 103 Å². The minimum Gasteiger partial charge on any atom is -0.497 e. The van der Waals surface area contributed by atoms with Crippen LogP contribution in [0.1, 0.15) is 72.6 Å². The van der Waals surface area contributed by atoms with Crippen LogP contribution in [0.15, 0.2) is 152 Å². The molecule has 67 heavy (non-hydrogen) atoms. The summed E-state index contributed by atoms with van der Waals surface area (Å²) < 4.78 is 28.4. The summed E-state index contributed by atoms with van der Waals surface area (Å²) in [7, 11) is 1.55. The van der Waals surface area contributed by atoms with E-state index in [1.165, 1.54) is 24.3 Å². The Morgan fingerprint density at radius 2 is 0.896 bits per heavy atom. The number of carbonyl (C=O) groups is 6. The Labute approximate surface area is 387 Å². The maximum atomic E-state index is 12.9. The minimum atomic E-state index is -1.03. The molecule has 1 aliphatic heterocycles. The van der Waals surface area contributed by atoms with Crippen molar-refractivity contribution in [1.29, 1.82) is 0 Å². The summed E-state index contributed by atoms with van der Waals surface area (Å²) in [6.07, 6.45) is 0.774. The quantitative estimate of drug-likeness (QED) is 0.0653. The first-order valence-corrected chi connectivity index (χ1v) is 21.4. The van der Waals surface area contributed by atoms with Crippen LogP contribution >= 0.6 is 0 Å². The fourth-order valence-electron chi connectivity index (χ4n) is 7.05. The first kappa shape index (κ1) is 50.1. The first-order valence-electron chi connectivity index (χ1n) is 21.4. The monoisotopic (exact) mass is 910 g/mol. The molecule has 0 saturated heterocycles. The van der Waals surface area contributed by atoms with Gasteiger partial charge in [-0.2, -0.15) is 0 Å². The molecular weight excluding hydrogens is 860 g/mol. The number of aryl methyl sites for hydroxylation is 1. The van der Waals surface area contributed by atoms with E-state index in [9.17, 15) is 48.5 Å². The van der Waals surface area contributed by atoms with Gasteiger partial charge in [0.2, 0.25) is 6.79 Å². The number of ketones is 3. The van der Waals surface area contributed by atoms with Gasteiger partial charge in [-0.25, -0.2) is 4.39 Å². The number of carboxylic acids is 3. The van der Waals surface area contributed by atoms with Gasteiger partial charge < -0.3 is 29.5 Å². The van der Waals surface area contributed by atoms with Crippen molar-refractivity contribution >= 4 is 35.3 Å². The zero-order valence-electron chi connectivity index (χ0n) is 37.0. The third-order valence-corrected chi connectivity index (χ3v) is 10.9. The van der Waals surface area contributed by atoms with Crippen LogP contribution in [0.3, 0.4) is 0 Å². The number of benzene rings is 6. The standard InChI is InChI=1S/C18H17FO4.C18H16O5.C18H18O3/c1-23-16-8-2-12(3-9-16)10-14(18(21)22)11-17(20)13-4-6-15(19)7-5-13;19-15(13-6-7-16-17(10-13)23-11-22-16)9-14(18(20)21)8-12-4-2-1-3-5-12;1-13-7-9-15(10-8-13)17(19)12-16(18(20)21)11-14-5-3-2-4-6-14/h2-9,14H,10-11H2,1H3,(H,21,22);1-7,10,14H,8-9,11H2,(H,20,21);2-10,16H,11-12H2,1H3,(H,20,21). The molecule has 0 spiro atoms. The van der Waals surface area contributed by atoms with Crippen molar-refractivity contribution in [3.05, 3.63) is 196 Å². The second kappa shape index (κ2) is 24.9. The fourth-order valence-corrected chi connectivity index (χ4v) is 7.05. The lowest BCUT2D eigenvalue weighted by Gasteiger charge is -2.12. The number of ether oxygens (including phenoxy) is 3. The zero-order chi connectivity index (χ0) is 48.3. The summed E-state index contributed by atoms with van der Waals surface area (Å²) in [6.45, 7) is 2.09. The predicted octanol–water partition coefficient (Wildman–Crippen LogP) is 9.79.